The van der Waals surface area contributed by atoms with Crippen molar-refractivity contribution in [3.63, 3.8) is 0 Å². The Bertz CT molecular complexity index is 771. The van der Waals surface area contributed by atoms with Gasteiger partial charge in [-0.15, -0.1) is 10.2 Å². The lowest BCUT2D eigenvalue weighted by Crippen LogP contribution is -2.38. The van der Waals surface area contributed by atoms with Gasteiger partial charge in [-0.25, -0.2) is 8.42 Å². The van der Waals surface area contributed by atoms with Gasteiger partial charge in [-0.3, -0.25) is 0 Å². The molecule has 1 fully saturated rings. The summed E-state index contributed by atoms with van der Waals surface area (Å²) >= 11 is 0. The molecule has 0 amide bonds. The van der Waals surface area contributed by atoms with Crippen LogP contribution in [-0.4, -0.2) is 53.3 Å². The molecule has 0 bridgehead atoms. The number of fused-ring (bicyclic) bond motifs is 1. The van der Waals surface area contributed by atoms with Gasteiger partial charge in [0.05, 0.1) is 17.1 Å². The third-order valence-corrected chi connectivity index (χ3v) is 5.14. The lowest BCUT2D eigenvalue weighted by molar-refractivity contribution is 0.444. The Morgan fingerprint density at radius 1 is 1.41 bits per heavy atom. The number of hydrogen-bond acceptors (Lipinski definition) is 6. The second-order valence-electron chi connectivity index (χ2n) is 6.02. The zero-order valence-electron chi connectivity index (χ0n) is 12.9. The number of sulfone groups is 1. The summed E-state index contributed by atoms with van der Waals surface area (Å²) in [5.41, 5.74) is 2.72. The van der Waals surface area contributed by atoms with Crippen LogP contribution in [0.1, 0.15) is 25.5 Å². The number of hydrogen-bond donors (Lipinski definition) is 0. The van der Waals surface area contributed by atoms with Crippen molar-refractivity contribution in [1.82, 2.24) is 19.8 Å². The van der Waals surface area contributed by atoms with E-state index in [4.69, 9.17) is 0 Å². The van der Waals surface area contributed by atoms with E-state index in [1.807, 2.05) is 6.07 Å². The largest absolute Gasteiger partial charge is 0.368 e. The van der Waals surface area contributed by atoms with Crippen LogP contribution in [0.5, 0.6) is 0 Å². The van der Waals surface area contributed by atoms with E-state index in [1.165, 1.54) is 6.26 Å². The van der Waals surface area contributed by atoms with Gasteiger partial charge < -0.3 is 4.90 Å². The van der Waals surface area contributed by atoms with E-state index >= 15 is 0 Å². The summed E-state index contributed by atoms with van der Waals surface area (Å²) < 4.78 is 24.8. The average Bonchev–Trinajstić information content (AvgIpc) is 2.92. The minimum atomic E-state index is -2.95. The number of aryl methyl sites for hydroxylation is 1. The van der Waals surface area contributed by atoms with E-state index < -0.39 is 9.84 Å². The van der Waals surface area contributed by atoms with Crippen LogP contribution in [0.3, 0.4) is 0 Å². The quantitative estimate of drug-likeness (QED) is 0.833. The number of piperidine rings is 1. The third-order valence-electron chi connectivity index (χ3n) is 4.06. The first-order chi connectivity index (χ1) is 10.5. The van der Waals surface area contributed by atoms with Gasteiger partial charge in [0.15, 0.2) is 0 Å². The summed E-state index contributed by atoms with van der Waals surface area (Å²) in [6, 6.07) is 2.05. The normalized spacial score (nSPS) is 19.7. The second-order valence-corrected chi connectivity index (χ2v) is 8.21. The van der Waals surface area contributed by atoms with Crippen molar-refractivity contribution in [3.05, 3.63) is 18.1 Å². The van der Waals surface area contributed by atoms with Crippen molar-refractivity contribution in [1.29, 1.82) is 0 Å². The fourth-order valence-corrected chi connectivity index (χ4v) is 4.24. The van der Waals surface area contributed by atoms with E-state index in [0.29, 0.717) is 0 Å². The molecule has 0 aromatic carbocycles. The highest BCUT2D eigenvalue weighted by molar-refractivity contribution is 7.90. The SMILES string of the molecule is CCc1cc(N2CCCC(CS(C)(=O)=O)C2)c2nncn2n1. The highest BCUT2D eigenvalue weighted by Gasteiger charge is 2.25. The van der Waals surface area contributed by atoms with E-state index in [2.05, 4.69) is 27.1 Å². The maximum atomic E-state index is 11.6. The molecule has 1 unspecified atom stereocenters. The highest BCUT2D eigenvalue weighted by Crippen LogP contribution is 2.27. The molecule has 0 saturated carbocycles. The fraction of sp³-hybridized carbons (Fsp3) is 0.643. The van der Waals surface area contributed by atoms with Crippen molar-refractivity contribution in [2.24, 2.45) is 5.92 Å². The van der Waals surface area contributed by atoms with E-state index in [-0.39, 0.29) is 11.7 Å². The molecular formula is C14H21N5O2S. The third kappa shape index (κ3) is 3.21. The molecule has 120 valence electrons. The lowest BCUT2D eigenvalue weighted by atomic mass is 9.99. The molecule has 7 nitrogen and oxygen atoms in total. The van der Waals surface area contributed by atoms with Crippen LogP contribution in [0.25, 0.3) is 5.65 Å². The van der Waals surface area contributed by atoms with Gasteiger partial charge in [0.25, 0.3) is 0 Å². The van der Waals surface area contributed by atoms with Gasteiger partial charge >= 0.3 is 0 Å². The topological polar surface area (TPSA) is 80.5 Å². The Morgan fingerprint density at radius 2 is 2.23 bits per heavy atom. The summed E-state index contributed by atoms with van der Waals surface area (Å²) in [5.74, 6) is 0.419. The molecule has 22 heavy (non-hydrogen) atoms. The van der Waals surface area contributed by atoms with Crippen LogP contribution >= 0.6 is 0 Å². The van der Waals surface area contributed by atoms with Crippen molar-refractivity contribution >= 4 is 21.2 Å². The molecule has 3 heterocycles. The molecule has 2 aromatic rings. The average molecular weight is 323 g/mol. The lowest BCUT2D eigenvalue weighted by Gasteiger charge is -2.34. The predicted molar refractivity (Wildman–Crippen MR) is 84.8 cm³/mol. The first kappa shape index (κ1) is 15.2. The zero-order chi connectivity index (χ0) is 15.7. The minimum absolute atomic E-state index is 0.171. The molecule has 1 aliphatic heterocycles. The zero-order valence-corrected chi connectivity index (χ0v) is 13.8. The van der Waals surface area contributed by atoms with Gasteiger partial charge in [-0.1, -0.05) is 6.92 Å². The summed E-state index contributed by atoms with van der Waals surface area (Å²) in [6.45, 7) is 3.71. The summed E-state index contributed by atoms with van der Waals surface area (Å²) in [6.07, 6.45) is 5.70. The van der Waals surface area contributed by atoms with E-state index in [9.17, 15) is 8.42 Å². The van der Waals surface area contributed by atoms with Gasteiger partial charge in [-0.2, -0.15) is 9.61 Å². The first-order valence-corrected chi connectivity index (χ1v) is 9.65. The molecule has 1 atom stereocenters. The molecule has 1 aliphatic rings. The number of anilines is 1. The summed E-state index contributed by atoms with van der Waals surface area (Å²) in [7, 11) is -2.95. The second kappa shape index (κ2) is 5.83. The fourth-order valence-electron chi connectivity index (χ4n) is 3.11. The maximum absolute atomic E-state index is 11.6. The highest BCUT2D eigenvalue weighted by atomic mass is 32.2. The number of rotatable bonds is 4. The van der Waals surface area contributed by atoms with Crippen LogP contribution in [0.2, 0.25) is 0 Å². The van der Waals surface area contributed by atoms with Gasteiger partial charge in [0.2, 0.25) is 5.65 Å². The predicted octanol–water partition coefficient (Wildman–Crippen LogP) is 0.948. The number of aromatic nitrogens is 4. The minimum Gasteiger partial charge on any atom is -0.368 e. The summed E-state index contributed by atoms with van der Waals surface area (Å²) in [4.78, 5) is 2.23. The molecular weight excluding hydrogens is 302 g/mol. The molecule has 0 N–H and O–H groups in total. The van der Waals surface area contributed by atoms with Crippen LogP contribution in [0, 0.1) is 5.92 Å². The molecule has 8 heteroatoms. The van der Waals surface area contributed by atoms with E-state index in [1.54, 1.807) is 10.8 Å². The molecule has 2 aromatic heterocycles. The Hall–Kier alpha value is -1.70. The molecule has 0 aliphatic carbocycles. The van der Waals surface area contributed by atoms with Gasteiger partial charge in [0.1, 0.15) is 16.2 Å². The standard InChI is InChI=1S/C14H21N5O2S/c1-3-12-7-13(14-16-15-10-19(14)17-12)18-6-4-5-11(8-18)9-22(2,20)21/h7,10-11H,3-6,8-9H2,1-2H3. The summed E-state index contributed by atoms with van der Waals surface area (Å²) in [5, 5.41) is 12.6. The van der Waals surface area contributed by atoms with Crippen LogP contribution in [-0.2, 0) is 16.3 Å². The Morgan fingerprint density at radius 3 is 2.95 bits per heavy atom. The maximum Gasteiger partial charge on any atom is 0.200 e. The molecule has 1 saturated heterocycles. The Kier molecular flexibility index (Phi) is 4.03. The van der Waals surface area contributed by atoms with Crippen LogP contribution in [0.4, 0.5) is 5.69 Å². The van der Waals surface area contributed by atoms with Crippen molar-refractivity contribution in [2.45, 2.75) is 26.2 Å². The number of nitrogens with zero attached hydrogens (tertiary/aromatic N) is 5. The monoisotopic (exact) mass is 323 g/mol. The van der Waals surface area contributed by atoms with E-state index in [0.717, 1.165) is 49.4 Å². The van der Waals surface area contributed by atoms with Crippen molar-refractivity contribution < 1.29 is 8.42 Å². The van der Waals surface area contributed by atoms with Crippen molar-refractivity contribution in [2.75, 3.05) is 30.0 Å². The van der Waals surface area contributed by atoms with Gasteiger partial charge in [0, 0.05) is 19.3 Å². The first-order valence-electron chi connectivity index (χ1n) is 7.59. The molecule has 0 spiro atoms. The van der Waals surface area contributed by atoms with Crippen LogP contribution in [0.15, 0.2) is 12.4 Å². The smallest absolute Gasteiger partial charge is 0.200 e. The van der Waals surface area contributed by atoms with Crippen LogP contribution < -0.4 is 4.90 Å². The molecule has 0 radical (unpaired) electrons. The van der Waals surface area contributed by atoms with Gasteiger partial charge in [-0.05, 0) is 31.2 Å². The molecule has 3 rings (SSSR count). The van der Waals surface area contributed by atoms with Crippen molar-refractivity contribution in [3.8, 4) is 0 Å². The Labute approximate surface area is 130 Å². The Balaban J connectivity index is 1.91.